The number of halogens is 1. The molecule has 0 amide bonds. The van der Waals surface area contributed by atoms with Crippen LogP contribution in [-0.2, 0) is 20.4 Å². The molecule has 0 bridgehead atoms. The van der Waals surface area contributed by atoms with E-state index in [4.69, 9.17) is 0 Å². The fraction of sp³-hybridized carbons (Fsp3) is 0.143. The zero-order chi connectivity index (χ0) is 20.6. The van der Waals surface area contributed by atoms with Gasteiger partial charge in [-0.1, -0.05) is 135 Å². The van der Waals surface area contributed by atoms with Crippen molar-refractivity contribution in [2.24, 2.45) is 0 Å². The molecule has 32 heavy (non-hydrogen) atoms. The normalized spacial score (nSPS) is 10.6. The minimum Gasteiger partial charge on any atom is -0.147 e. The van der Waals surface area contributed by atoms with Gasteiger partial charge in [-0.2, -0.15) is 0 Å². The van der Waals surface area contributed by atoms with E-state index in [1.165, 1.54) is 34.1 Å². The van der Waals surface area contributed by atoms with Gasteiger partial charge in [-0.3, -0.25) is 0 Å². The largest absolute Gasteiger partial charge is 0.147 e. The predicted molar refractivity (Wildman–Crippen MR) is 144 cm³/mol. The Hall–Kier alpha value is -1.31. The molecule has 0 radical (unpaired) electrons. The Kier molecular flexibility index (Phi) is 11.8. The van der Waals surface area contributed by atoms with Crippen LogP contribution in [0.25, 0.3) is 0 Å². The van der Waals surface area contributed by atoms with Gasteiger partial charge in [-0.15, -0.1) is 12.4 Å². The number of rotatable bonds is 8. The average molecular weight is 569 g/mol. The van der Waals surface area contributed by atoms with Gasteiger partial charge in [-0.05, 0) is 43.5 Å². The molecule has 4 aromatic carbocycles. The van der Waals surface area contributed by atoms with Gasteiger partial charge < -0.3 is 0 Å². The maximum absolute atomic E-state index is 2.34. The third kappa shape index (κ3) is 6.61. The van der Waals surface area contributed by atoms with Crippen LogP contribution in [0.5, 0.6) is 0 Å². The van der Waals surface area contributed by atoms with Crippen LogP contribution in [0, 0.1) is 0 Å². The zero-order valence-electron chi connectivity index (χ0n) is 18.2. The molecule has 4 heteroatoms. The quantitative estimate of drug-likeness (QED) is 0.162. The second-order valence-corrected chi connectivity index (χ2v) is 12.6. The zero-order valence-corrected chi connectivity index (χ0v) is 22.3. The van der Waals surface area contributed by atoms with Crippen molar-refractivity contribution in [3.8, 4) is 0 Å². The van der Waals surface area contributed by atoms with Crippen molar-refractivity contribution < 1.29 is 20.4 Å². The monoisotopic (exact) mass is 568 g/mol. The van der Waals surface area contributed by atoms with E-state index in [9.17, 15) is 0 Å². The summed E-state index contributed by atoms with van der Waals surface area (Å²) in [6.45, 7) is 2.33. The Bertz CT molecular complexity index is 852. The molecule has 0 aliphatic heterocycles. The molecule has 0 nitrogen and oxygen atoms in total. The molecule has 0 spiro atoms. The molecule has 168 valence electrons. The second kappa shape index (κ2) is 14.1. The first-order valence-corrected chi connectivity index (χ1v) is 13.5. The molecule has 0 fully saturated rings. The van der Waals surface area contributed by atoms with E-state index < -0.39 is 15.8 Å². The van der Waals surface area contributed by atoms with Crippen LogP contribution in [-0.4, -0.2) is 5.40 Å². The first kappa shape index (κ1) is 26.9. The van der Waals surface area contributed by atoms with Gasteiger partial charge in [0, 0.05) is 25.8 Å². The van der Waals surface area contributed by atoms with Crippen molar-refractivity contribution in [2.75, 3.05) is 0 Å². The fourth-order valence-electron chi connectivity index (χ4n) is 3.97. The van der Waals surface area contributed by atoms with Crippen molar-refractivity contribution >= 4 is 49.5 Å². The van der Waals surface area contributed by atoms with E-state index in [1.54, 1.807) is 0 Å². The average Bonchev–Trinajstić information content (AvgIpc) is 2.82. The smallest absolute Gasteiger partial charge is 0.0154 e. The van der Waals surface area contributed by atoms with Crippen molar-refractivity contribution in [3.63, 3.8) is 0 Å². The van der Waals surface area contributed by atoms with E-state index in [1.807, 2.05) is 0 Å². The summed E-state index contributed by atoms with van der Waals surface area (Å²) in [4.78, 5) is 0. The van der Waals surface area contributed by atoms with Crippen LogP contribution in [0.4, 0.5) is 0 Å². The molecular formula is C28H29ClP2Pd. The molecule has 0 aromatic heterocycles. The molecule has 4 aromatic rings. The van der Waals surface area contributed by atoms with Crippen molar-refractivity contribution in [1.82, 2.24) is 0 Å². The minimum atomic E-state index is -0.478. The summed E-state index contributed by atoms with van der Waals surface area (Å²) >= 11 is 0. The summed E-state index contributed by atoms with van der Waals surface area (Å²) in [5, 5.41) is 6.52. The standard InChI is InChI=1S/C28H28P2.ClH.Pd/c1-2-15-28(29(24-16-7-3-8-17-24)25-18-9-4-10-19-25)30(26-20-11-5-12-21-26)27-22-13-6-14-23-27;;/h3-14,16-23,28H,2,15H2,1H3;1H;. The summed E-state index contributed by atoms with van der Waals surface area (Å²) in [6.07, 6.45) is 2.42. The first-order chi connectivity index (χ1) is 14.9. The molecule has 0 atom stereocenters. The minimum absolute atomic E-state index is 0. The Morgan fingerprint density at radius 1 is 0.500 bits per heavy atom. The van der Waals surface area contributed by atoms with Gasteiger partial charge in [0.25, 0.3) is 0 Å². The van der Waals surface area contributed by atoms with Crippen molar-refractivity contribution in [2.45, 2.75) is 25.2 Å². The van der Waals surface area contributed by atoms with Gasteiger partial charge >= 0.3 is 0 Å². The Balaban J connectivity index is 0.00000181. The van der Waals surface area contributed by atoms with E-state index >= 15 is 0 Å². The maximum atomic E-state index is 2.34. The van der Waals surface area contributed by atoms with E-state index in [-0.39, 0.29) is 32.8 Å². The summed E-state index contributed by atoms with van der Waals surface area (Å²) < 4.78 is 0. The van der Waals surface area contributed by atoms with Crippen LogP contribution in [0.1, 0.15) is 19.8 Å². The molecule has 0 unspecified atom stereocenters. The first-order valence-electron chi connectivity index (χ1n) is 10.7. The maximum Gasteiger partial charge on any atom is 0.0154 e. The summed E-state index contributed by atoms with van der Waals surface area (Å²) in [5.74, 6) is 0. The van der Waals surface area contributed by atoms with Crippen LogP contribution >= 0.6 is 28.3 Å². The Morgan fingerprint density at radius 3 is 0.969 bits per heavy atom. The van der Waals surface area contributed by atoms with Crippen molar-refractivity contribution in [3.05, 3.63) is 121 Å². The van der Waals surface area contributed by atoms with Crippen molar-refractivity contribution in [1.29, 1.82) is 0 Å². The van der Waals surface area contributed by atoms with Crippen LogP contribution in [0.2, 0.25) is 0 Å². The van der Waals surface area contributed by atoms with E-state index in [0.29, 0.717) is 5.40 Å². The molecule has 0 N–H and O–H groups in total. The third-order valence-corrected chi connectivity index (χ3v) is 11.8. The second-order valence-electron chi connectivity index (χ2n) is 7.35. The molecule has 0 saturated carbocycles. The predicted octanol–water partition coefficient (Wildman–Crippen LogP) is 6.80. The van der Waals surface area contributed by atoms with Gasteiger partial charge in [0.15, 0.2) is 0 Å². The van der Waals surface area contributed by atoms with E-state index in [2.05, 4.69) is 128 Å². The van der Waals surface area contributed by atoms with Gasteiger partial charge in [0.2, 0.25) is 0 Å². The van der Waals surface area contributed by atoms with Gasteiger partial charge in [-0.25, -0.2) is 0 Å². The molecule has 0 saturated heterocycles. The number of hydrogen-bond acceptors (Lipinski definition) is 0. The fourth-order valence-corrected chi connectivity index (χ4v) is 11.5. The SMILES string of the molecule is CCCC(P(c1ccccc1)c1ccccc1)P(c1ccccc1)c1ccccc1.Cl.[Pd]. The summed E-state index contributed by atoms with van der Waals surface area (Å²) in [6, 6.07) is 44.8. The van der Waals surface area contributed by atoms with Crippen LogP contribution in [0.3, 0.4) is 0 Å². The number of benzene rings is 4. The topological polar surface area (TPSA) is 0 Å². The van der Waals surface area contributed by atoms with Gasteiger partial charge in [0.05, 0.1) is 0 Å². The van der Waals surface area contributed by atoms with E-state index in [0.717, 1.165) is 0 Å². The Labute approximate surface area is 215 Å². The number of hydrogen-bond donors (Lipinski definition) is 0. The summed E-state index contributed by atoms with van der Waals surface area (Å²) in [5.41, 5.74) is 0. The molecule has 0 aliphatic carbocycles. The molecule has 0 heterocycles. The molecule has 4 rings (SSSR count). The summed E-state index contributed by atoms with van der Waals surface area (Å²) in [7, 11) is -0.956. The van der Waals surface area contributed by atoms with Crippen LogP contribution in [0.15, 0.2) is 121 Å². The molecule has 0 aliphatic rings. The molecular weight excluding hydrogens is 540 g/mol. The van der Waals surface area contributed by atoms with Gasteiger partial charge in [0.1, 0.15) is 0 Å². The Morgan fingerprint density at radius 2 is 0.750 bits per heavy atom. The van der Waals surface area contributed by atoms with Crippen LogP contribution < -0.4 is 21.2 Å². The third-order valence-electron chi connectivity index (χ3n) is 5.28.